The van der Waals surface area contributed by atoms with Crippen LogP contribution in [0, 0.1) is 23.7 Å². The molecule has 102 valence electrons. The van der Waals surface area contributed by atoms with Gasteiger partial charge in [-0.3, -0.25) is 4.79 Å². The highest BCUT2D eigenvalue weighted by Crippen LogP contribution is 2.58. The zero-order valence-electron chi connectivity index (χ0n) is 11.6. The molecule has 18 heavy (non-hydrogen) atoms. The number of carbonyl (C=O) groups excluding carboxylic acids is 1. The molecule has 2 bridgehead atoms. The summed E-state index contributed by atoms with van der Waals surface area (Å²) >= 11 is 0. The van der Waals surface area contributed by atoms with Crippen LogP contribution < -0.4 is 0 Å². The van der Waals surface area contributed by atoms with Crippen molar-refractivity contribution in [2.75, 3.05) is 0 Å². The number of rotatable bonds is 0. The molecule has 4 aliphatic rings. The highest BCUT2D eigenvalue weighted by atomic mass is 16.6. The van der Waals surface area contributed by atoms with Crippen LogP contribution in [-0.2, 0) is 14.3 Å². The Labute approximate surface area is 109 Å². The number of esters is 1. The van der Waals surface area contributed by atoms with Gasteiger partial charge in [0.15, 0.2) is 0 Å². The van der Waals surface area contributed by atoms with E-state index in [1.807, 2.05) is 20.8 Å². The third-order valence-electron chi connectivity index (χ3n) is 5.30. The fourth-order valence-corrected chi connectivity index (χ4v) is 4.73. The van der Waals surface area contributed by atoms with Gasteiger partial charge in [-0.15, -0.1) is 0 Å². The van der Waals surface area contributed by atoms with Crippen LogP contribution in [0.1, 0.15) is 46.5 Å². The van der Waals surface area contributed by atoms with Crippen molar-refractivity contribution >= 4 is 5.97 Å². The molecule has 0 aromatic rings. The molecule has 7 atom stereocenters. The van der Waals surface area contributed by atoms with E-state index in [0.29, 0.717) is 17.9 Å². The van der Waals surface area contributed by atoms with Crippen LogP contribution in [0.15, 0.2) is 0 Å². The van der Waals surface area contributed by atoms with Crippen LogP contribution in [0.4, 0.5) is 0 Å². The molecule has 4 rings (SSSR count). The molecule has 1 saturated carbocycles. The van der Waals surface area contributed by atoms with Crippen LogP contribution in [0.5, 0.6) is 0 Å². The Hall–Kier alpha value is -0.570. The Kier molecular flexibility index (Phi) is 3.13. The highest BCUT2D eigenvalue weighted by molar-refractivity contribution is 5.77. The smallest absolute Gasteiger partial charge is 0.312 e. The summed E-state index contributed by atoms with van der Waals surface area (Å²) in [6, 6.07) is 0. The number of ether oxygens (including phenoxy) is 2. The molecule has 3 nitrogen and oxygen atoms in total. The lowest BCUT2D eigenvalue weighted by Crippen LogP contribution is -2.42. The molecular formula is C15H24O3. The second kappa shape index (κ2) is 4.52. The molecule has 1 aliphatic carbocycles. The summed E-state index contributed by atoms with van der Waals surface area (Å²) in [4.78, 5) is 11.8. The predicted octanol–water partition coefficient (Wildman–Crippen LogP) is 2.78. The van der Waals surface area contributed by atoms with E-state index in [2.05, 4.69) is 0 Å². The van der Waals surface area contributed by atoms with Crippen LogP contribution >= 0.6 is 0 Å². The molecule has 4 fully saturated rings. The van der Waals surface area contributed by atoms with Gasteiger partial charge >= 0.3 is 5.97 Å². The Bertz CT molecular complexity index is 341. The second-order valence-electron chi connectivity index (χ2n) is 5.92. The maximum absolute atomic E-state index is 11.8. The minimum absolute atomic E-state index is 0.00836. The average molecular weight is 252 g/mol. The molecule has 0 aromatic heterocycles. The standard InChI is InChI=1S/C13H18O3.C2H6/c1-6-9-10(13(14)15-6)12-8-5-3-2-4-7(8)11(9)16-12;1-2/h6-12H,2-5H2,1H3;1-2H3. The first-order valence-corrected chi connectivity index (χ1v) is 7.63. The summed E-state index contributed by atoms with van der Waals surface area (Å²) in [5, 5.41) is 0. The molecule has 7 unspecified atom stereocenters. The van der Waals surface area contributed by atoms with Crippen molar-refractivity contribution in [1.82, 2.24) is 0 Å². The van der Waals surface area contributed by atoms with Crippen molar-refractivity contribution in [2.24, 2.45) is 23.7 Å². The Morgan fingerprint density at radius 3 is 2.33 bits per heavy atom. The van der Waals surface area contributed by atoms with Crippen molar-refractivity contribution in [3.05, 3.63) is 0 Å². The van der Waals surface area contributed by atoms with Gasteiger partial charge in [-0.1, -0.05) is 26.7 Å². The first-order valence-electron chi connectivity index (χ1n) is 7.63. The zero-order valence-corrected chi connectivity index (χ0v) is 11.6. The quantitative estimate of drug-likeness (QED) is 0.622. The van der Waals surface area contributed by atoms with Gasteiger partial charge in [-0.25, -0.2) is 0 Å². The summed E-state index contributed by atoms with van der Waals surface area (Å²) in [6.07, 6.45) is 5.81. The number of hydrogen-bond acceptors (Lipinski definition) is 3. The summed E-state index contributed by atoms with van der Waals surface area (Å²) in [6.45, 7) is 6.03. The minimum Gasteiger partial charge on any atom is -0.462 e. The molecule has 0 aromatic carbocycles. The summed E-state index contributed by atoms with van der Waals surface area (Å²) in [5.74, 6) is 1.81. The predicted molar refractivity (Wildman–Crippen MR) is 68.0 cm³/mol. The summed E-state index contributed by atoms with van der Waals surface area (Å²) in [5.41, 5.74) is 0. The molecule has 3 aliphatic heterocycles. The fraction of sp³-hybridized carbons (Fsp3) is 0.933. The Morgan fingerprint density at radius 1 is 1.06 bits per heavy atom. The minimum atomic E-state index is 0.00836. The van der Waals surface area contributed by atoms with Gasteiger partial charge in [0.2, 0.25) is 0 Å². The van der Waals surface area contributed by atoms with E-state index in [0.717, 1.165) is 5.92 Å². The zero-order chi connectivity index (χ0) is 12.9. The van der Waals surface area contributed by atoms with Crippen LogP contribution in [0.25, 0.3) is 0 Å². The molecule has 3 heterocycles. The fourth-order valence-electron chi connectivity index (χ4n) is 4.73. The van der Waals surface area contributed by atoms with E-state index in [1.165, 1.54) is 25.7 Å². The lowest BCUT2D eigenvalue weighted by atomic mass is 9.63. The van der Waals surface area contributed by atoms with Gasteiger partial charge in [-0.2, -0.15) is 0 Å². The summed E-state index contributed by atoms with van der Waals surface area (Å²) < 4.78 is 11.5. The Morgan fingerprint density at radius 2 is 1.67 bits per heavy atom. The van der Waals surface area contributed by atoms with Gasteiger partial charge in [0, 0.05) is 5.92 Å². The van der Waals surface area contributed by atoms with Gasteiger partial charge in [0.05, 0.1) is 18.1 Å². The number of hydrogen-bond donors (Lipinski definition) is 0. The SMILES string of the molecule is CC.CC1OC(=O)C2C3OC(C4CCCCC43)C12. The van der Waals surface area contributed by atoms with Gasteiger partial charge < -0.3 is 9.47 Å². The molecule has 0 spiro atoms. The van der Waals surface area contributed by atoms with E-state index in [9.17, 15) is 4.79 Å². The molecular weight excluding hydrogens is 228 g/mol. The van der Waals surface area contributed by atoms with Gasteiger partial charge in [-0.05, 0) is 31.6 Å². The third kappa shape index (κ3) is 1.49. The molecule has 0 radical (unpaired) electrons. The van der Waals surface area contributed by atoms with Crippen molar-refractivity contribution < 1.29 is 14.3 Å². The average Bonchev–Trinajstić information content (AvgIpc) is 3.04. The molecule has 3 heteroatoms. The number of carbonyl (C=O) groups is 1. The van der Waals surface area contributed by atoms with Crippen molar-refractivity contribution in [1.29, 1.82) is 0 Å². The van der Waals surface area contributed by atoms with Crippen molar-refractivity contribution in [2.45, 2.75) is 64.8 Å². The maximum atomic E-state index is 11.8. The van der Waals surface area contributed by atoms with Gasteiger partial charge in [0.25, 0.3) is 0 Å². The first-order chi connectivity index (χ1) is 8.77. The maximum Gasteiger partial charge on any atom is 0.312 e. The number of cyclic esters (lactones) is 1. The van der Waals surface area contributed by atoms with E-state index in [-0.39, 0.29) is 24.1 Å². The van der Waals surface area contributed by atoms with E-state index >= 15 is 0 Å². The monoisotopic (exact) mass is 252 g/mol. The second-order valence-corrected chi connectivity index (χ2v) is 5.92. The van der Waals surface area contributed by atoms with Crippen molar-refractivity contribution in [3.63, 3.8) is 0 Å². The highest BCUT2D eigenvalue weighted by Gasteiger charge is 2.66. The van der Waals surface area contributed by atoms with E-state index in [1.54, 1.807) is 0 Å². The summed E-state index contributed by atoms with van der Waals surface area (Å²) in [7, 11) is 0. The van der Waals surface area contributed by atoms with E-state index in [4.69, 9.17) is 9.47 Å². The van der Waals surface area contributed by atoms with E-state index < -0.39 is 0 Å². The third-order valence-corrected chi connectivity index (χ3v) is 5.30. The van der Waals surface area contributed by atoms with Gasteiger partial charge in [0.1, 0.15) is 6.10 Å². The lowest BCUT2D eigenvalue weighted by molar-refractivity contribution is -0.147. The normalized spacial score (nSPS) is 52.2. The topological polar surface area (TPSA) is 35.5 Å². The first kappa shape index (κ1) is 12.5. The van der Waals surface area contributed by atoms with Crippen LogP contribution in [0.3, 0.4) is 0 Å². The number of fused-ring (bicyclic) bond motifs is 8. The van der Waals surface area contributed by atoms with Crippen molar-refractivity contribution in [3.8, 4) is 0 Å². The Balaban J connectivity index is 0.000000478. The molecule has 0 amide bonds. The molecule has 0 N–H and O–H groups in total. The van der Waals surface area contributed by atoms with Crippen LogP contribution in [-0.4, -0.2) is 24.3 Å². The lowest BCUT2D eigenvalue weighted by Gasteiger charge is -2.36. The van der Waals surface area contributed by atoms with Crippen LogP contribution in [0.2, 0.25) is 0 Å². The largest absolute Gasteiger partial charge is 0.462 e. The molecule has 3 saturated heterocycles.